The van der Waals surface area contributed by atoms with Crippen LogP contribution in [0.25, 0.3) is 0 Å². The molecular weight excluding hydrogens is 400 g/mol. The predicted molar refractivity (Wildman–Crippen MR) is 109 cm³/mol. The van der Waals surface area contributed by atoms with Crippen molar-refractivity contribution in [1.29, 1.82) is 5.26 Å². The van der Waals surface area contributed by atoms with Crippen LogP contribution in [0.3, 0.4) is 0 Å². The average molecular weight is 424 g/mol. The molecule has 2 aromatic rings. The number of rotatable bonds is 5. The fourth-order valence-corrected chi connectivity index (χ4v) is 3.46. The first-order valence-corrected chi connectivity index (χ1v) is 10.3. The lowest BCUT2D eigenvalue weighted by molar-refractivity contribution is -0.0106. The van der Waals surface area contributed by atoms with Crippen molar-refractivity contribution >= 4 is 12.0 Å². The molecule has 4 rings (SSSR count). The van der Waals surface area contributed by atoms with Gasteiger partial charge in [-0.3, -0.25) is 4.98 Å². The van der Waals surface area contributed by atoms with Crippen molar-refractivity contribution in [2.24, 2.45) is 0 Å². The molecule has 0 N–H and O–H groups in total. The average Bonchev–Trinajstić information content (AvgIpc) is 2.84. The Kier molecular flexibility index (Phi) is 6.74. The predicted octanol–water partition coefficient (Wildman–Crippen LogP) is 1.76. The Morgan fingerprint density at radius 3 is 2.61 bits per heavy atom. The maximum atomic E-state index is 12.4. The Labute approximate surface area is 180 Å². The van der Waals surface area contributed by atoms with Crippen molar-refractivity contribution in [2.45, 2.75) is 25.6 Å². The molecule has 0 saturated carbocycles. The number of ether oxygens (including phenoxy) is 3. The summed E-state index contributed by atoms with van der Waals surface area (Å²) in [6, 6.07) is 3.85. The summed E-state index contributed by atoms with van der Waals surface area (Å²) in [6.45, 7) is 3.90. The van der Waals surface area contributed by atoms with Crippen LogP contribution in [-0.4, -0.2) is 71.4 Å². The number of piperazine rings is 1. The Morgan fingerprint density at radius 1 is 1.16 bits per heavy atom. The zero-order valence-corrected chi connectivity index (χ0v) is 17.1. The largest absolute Gasteiger partial charge is 0.486 e. The van der Waals surface area contributed by atoms with E-state index in [2.05, 4.69) is 21.0 Å². The zero-order chi connectivity index (χ0) is 21.5. The summed E-state index contributed by atoms with van der Waals surface area (Å²) < 4.78 is 16.6. The minimum absolute atomic E-state index is 0.0495. The molecule has 1 amide bonds. The third-order valence-corrected chi connectivity index (χ3v) is 5.30. The van der Waals surface area contributed by atoms with E-state index < -0.39 is 0 Å². The molecule has 2 aromatic heterocycles. The highest BCUT2D eigenvalue weighted by Crippen LogP contribution is 2.18. The Hall–Kier alpha value is -3.45. The van der Waals surface area contributed by atoms with Gasteiger partial charge in [0.15, 0.2) is 5.75 Å². The van der Waals surface area contributed by atoms with Gasteiger partial charge in [0, 0.05) is 57.0 Å². The molecule has 0 bridgehead atoms. The third-order valence-electron chi connectivity index (χ3n) is 5.30. The van der Waals surface area contributed by atoms with Crippen molar-refractivity contribution in [3.63, 3.8) is 0 Å². The van der Waals surface area contributed by atoms with Crippen molar-refractivity contribution < 1.29 is 19.0 Å². The van der Waals surface area contributed by atoms with Crippen molar-refractivity contribution in [2.75, 3.05) is 44.3 Å². The lowest BCUT2D eigenvalue weighted by Gasteiger charge is -2.35. The van der Waals surface area contributed by atoms with Gasteiger partial charge in [-0.25, -0.2) is 14.8 Å². The highest BCUT2D eigenvalue weighted by molar-refractivity contribution is 5.68. The molecule has 2 aliphatic heterocycles. The maximum absolute atomic E-state index is 12.4. The number of nitrogens with zero attached hydrogens (tertiary/aromatic N) is 6. The van der Waals surface area contributed by atoms with Gasteiger partial charge in [-0.05, 0) is 6.07 Å². The van der Waals surface area contributed by atoms with Crippen LogP contribution >= 0.6 is 0 Å². The minimum atomic E-state index is -0.260. The summed E-state index contributed by atoms with van der Waals surface area (Å²) in [7, 11) is 0. The molecule has 0 aliphatic carbocycles. The van der Waals surface area contributed by atoms with Gasteiger partial charge in [-0.15, -0.1) is 0 Å². The first-order chi connectivity index (χ1) is 15.2. The molecule has 10 heteroatoms. The van der Waals surface area contributed by atoms with Gasteiger partial charge >= 0.3 is 6.09 Å². The molecule has 0 radical (unpaired) electrons. The topological polar surface area (TPSA) is 114 Å². The molecule has 10 nitrogen and oxygen atoms in total. The number of carbonyl (C=O) groups is 1. The van der Waals surface area contributed by atoms with Crippen LogP contribution in [-0.2, 0) is 16.1 Å². The van der Waals surface area contributed by atoms with E-state index in [1.54, 1.807) is 29.6 Å². The van der Waals surface area contributed by atoms with Crippen molar-refractivity contribution in [3.05, 3.63) is 42.0 Å². The van der Waals surface area contributed by atoms with E-state index in [1.807, 2.05) is 4.90 Å². The van der Waals surface area contributed by atoms with Gasteiger partial charge in [-0.1, -0.05) is 0 Å². The van der Waals surface area contributed by atoms with Crippen molar-refractivity contribution in [1.82, 2.24) is 19.9 Å². The summed E-state index contributed by atoms with van der Waals surface area (Å²) >= 11 is 0. The molecule has 0 atom stereocenters. The van der Waals surface area contributed by atoms with Gasteiger partial charge in [0.1, 0.15) is 18.8 Å². The fraction of sp³-hybridized carbons (Fsp3) is 0.476. The van der Waals surface area contributed by atoms with Crippen LogP contribution in [0.15, 0.2) is 30.9 Å². The van der Waals surface area contributed by atoms with Crippen molar-refractivity contribution in [3.8, 4) is 11.8 Å². The summed E-state index contributed by atoms with van der Waals surface area (Å²) in [4.78, 5) is 28.8. The van der Waals surface area contributed by atoms with Crippen LogP contribution in [0.4, 0.5) is 10.7 Å². The molecule has 2 fully saturated rings. The number of hydrogen-bond acceptors (Lipinski definition) is 9. The van der Waals surface area contributed by atoms with E-state index in [0.717, 1.165) is 18.4 Å². The second kappa shape index (κ2) is 10.0. The number of anilines is 1. The summed E-state index contributed by atoms with van der Waals surface area (Å²) in [6.07, 6.45) is 7.56. The van der Waals surface area contributed by atoms with E-state index in [4.69, 9.17) is 19.5 Å². The molecule has 0 aromatic carbocycles. The summed E-state index contributed by atoms with van der Waals surface area (Å²) in [5.74, 6) is 1.11. The molecular formula is C21H24N6O4. The van der Waals surface area contributed by atoms with Crippen LogP contribution < -0.4 is 9.64 Å². The maximum Gasteiger partial charge on any atom is 0.410 e. The lowest BCUT2D eigenvalue weighted by atomic mass is 10.2. The monoisotopic (exact) mass is 424 g/mol. The van der Waals surface area contributed by atoms with Crippen LogP contribution in [0, 0.1) is 11.3 Å². The molecule has 31 heavy (non-hydrogen) atoms. The standard InChI is InChI=1S/C21H24N6O4/c22-11-17-12-23-4-1-16(17)15-30-19-13-24-20(25-14-19)26-5-7-27(8-6-26)21(28)31-18-2-9-29-10-3-18/h1,4,12-14,18H,2-3,5-10,15H2. The zero-order valence-electron chi connectivity index (χ0n) is 17.1. The second-order valence-corrected chi connectivity index (χ2v) is 7.32. The SMILES string of the molecule is N#Cc1cnccc1COc1cnc(N2CCN(C(=O)OC3CCOCC3)CC2)nc1. The summed E-state index contributed by atoms with van der Waals surface area (Å²) in [5, 5.41) is 9.12. The van der Waals surface area contributed by atoms with Gasteiger partial charge in [0.2, 0.25) is 5.95 Å². The van der Waals surface area contributed by atoms with Crippen LogP contribution in [0.1, 0.15) is 24.0 Å². The van der Waals surface area contributed by atoms with E-state index in [-0.39, 0.29) is 18.8 Å². The quantitative estimate of drug-likeness (QED) is 0.708. The van der Waals surface area contributed by atoms with E-state index in [0.29, 0.717) is 56.7 Å². The molecule has 0 unspecified atom stereocenters. The Bertz CT molecular complexity index is 918. The molecule has 0 spiro atoms. The third kappa shape index (κ3) is 5.38. The van der Waals surface area contributed by atoms with Crippen LogP contribution in [0.2, 0.25) is 0 Å². The molecule has 4 heterocycles. The van der Waals surface area contributed by atoms with E-state index >= 15 is 0 Å². The van der Waals surface area contributed by atoms with E-state index in [1.165, 1.54) is 6.20 Å². The van der Waals surface area contributed by atoms with E-state index in [9.17, 15) is 4.79 Å². The molecule has 2 aliphatic rings. The highest BCUT2D eigenvalue weighted by Gasteiger charge is 2.26. The molecule has 2 saturated heterocycles. The number of carbonyl (C=O) groups excluding carboxylic acids is 1. The normalized spacial score (nSPS) is 17.1. The summed E-state index contributed by atoms with van der Waals surface area (Å²) in [5.41, 5.74) is 1.23. The number of amides is 1. The second-order valence-electron chi connectivity index (χ2n) is 7.32. The number of hydrogen-bond donors (Lipinski definition) is 0. The Balaban J connectivity index is 1.25. The van der Waals surface area contributed by atoms with Gasteiger partial charge in [0.05, 0.1) is 31.2 Å². The van der Waals surface area contributed by atoms with Gasteiger partial charge in [-0.2, -0.15) is 5.26 Å². The van der Waals surface area contributed by atoms with Crippen LogP contribution in [0.5, 0.6) is 5.75 Å². The fourth-order valence-electron chi connectivity index (χ4n) is 3.46. The van der Waals surface area contributed by atoms with Gasteiger partial charge in [0.25, 0.3) is 0 Å². The Morgan fingerprint density at radius 2 is 1.90 bits per heavy atom. The first kappa shape index (κ1) is 20.8. The molecule has 162 valence electrons. The number of nitriles is 1. The highest BCUT2D eigenvalue weighted by atomic mass is 16.6. The lowest BCUT2D eigenvalue weighted by Crippen LogP contribution is -2.50. The number of pyridine rings is 1. The first-order valence-electron chi connectivity index (χ1n) is 10.3. The van der Waals surface area contributed by atoms with Gasteiger partial charge < -0.3 is 24.0 Å². The smallest absolute Gasteiger partial charge is 0.410 e. The number of aromatic nitrogens is 3. The minimum Gasteiger partial charge on any atom is -0.486 e.